The molecule has 4 heteroatoms. The highest BCUT2D eigenvalue weighted by Crippen LogP contribution is 2.21. The van der Waals surface area contributed by atoms with E-state index in [0.717, 1.165) is 38.9 Å². The van der Waals surface area contributed by atoms with Gasteiger partial charge in [0, 0.05) is 19.6 Å². The molecule has 0 aromatic rings. The molecule has 4 nitrogen and oxygen atoms in total. The maximum atomic E-state index is 12.1. The molecule has 2 heterocycles. The van der Waals surface area contributed by atoms with Crippen LogP contribution < -0.4 is 5.32 Å². The van der Waals surface area contributed by atoms with E-state index in [-0.39, 0.29) is 5.91 Å². The van der Waals surface area contributed by atoms with E-state index in [0.29, 0.717) is 13.0 Å². The second-order valence-electron chi connectivity index (χ2n) is 4.66. The van der Waals surface area contributed by atoms with Gasteiger partial charge in [-0.1, -0.05) is 0 Å². The third kappa shape index (κ3) is 2.32. The summed E-state index contributed by atoms with van der Waals surface area (Å²) in [6.07, 6.45) is 4.86. The fraction of sp³-hybridized carbons (Fsp3) is 0.909. The number of amides is 1. The van der Waals surface area contributed by atoms with Gasteiger partial charge in [-0.2, -0.15) is 0 Å². The Morgan fingerprint density at radius 1 is 1.20 bits per heavy atom. The summed E-state index contributed by atoms with van der Waals surface area (Å²) in [5.41, 5.74) is -1.13. The molecule has 1 amide bonds. The Morgan fingerprint density at radius 2 is 1.93 bits per heavy atom. The van der Waals surface area contributed by atoms with Crippen LogP contribution in [0.4, 0.5) is 0 Å². The number of rotatable bonds is 1. The van der Waals surface area contributed by atoms with Crippen LogP contribution in [0.2, 0.25) is 0 Å². The first-order valence-electron chi connectivity index (χ1n) is 5.95. The normalized spacial score (nSPS) is 32.7. The molecule has 2 aliphatic heterocycles. The predicted octanol–water partition coefficient (Wildman–Crippen LogP) is 0.113. The van der Waals surface area contributed by atoms with Crippen molar-refractivity contribution in [2.75, 3.05) is 26.2 Å². The zero-order chi connectivity index (χ0) is 10.7. The third-order valence-corrected chi connectivity index (χ3v) is 3.40. The molecule has 2 N–H and O–H groups in total. The van der Waals surface area contributed by atoms with E-state index in [1.54, 1.807) is 0 Å². The Morgan fingerprint density at radius 3 is 2.53 bits per heavy atom. The highest BCUT2D eigenvalue weighted by Gasteiger charge is 2.40. The van der Waals surface area contributed by atoms with Gasteiger partial charge in [-0.15, -0.1) is 0 Å². The van der Waals surface area contributed by atoms with Crippen molar-refractivity contribution in [3.8, 4) is 0 Å². The standard InChI is InChI=1S/C11H20N2O2/c14-10(13-7-2-1-3-8-13)11(15)5-4-6-12-9-11/h12,15H,1-9H2. The van der Waals surface area contributed by atoms with Crippen molar-refractivity contribution in [2.45, 2.75) is 37.7 Å². The van der Waals surface area contributed by atoms with E-state index >= 15 is 0 Å². The molecule has 2 saturated heterocycles. The van der Waals surface area contributed by atoms with E-state index in [2.05, 4.69) is 5.32 Å². The monoisotopic (exact) mass is 212 g/mol. The lowest BCUT2D eigenvalue weighted by molar-refractivity contribution is -0.154. The molecule has 0 radical (unpaired) electrons. The number of hydrogen-bond donors (Lipinski definition) is 2. The summed E-state index contributed by atoms with van der Waals surface area (Å²) in [5, 5.41) is 13.3. The van der Waals surface area contributed by atoms with Crippen LogP contribution >= 0.6 is 0 Å². The Labute approximate surface area is 90.6 Å². The molecule has 15 heavy (non-hydrogen) atoms. The minimum atomic E-state index is -1.13. The zero-order valence-electron chi connectivity index (χ0n) is 9.17. The summed E-state index contributed by atoms with van der Waals surface area (Å²) in [7, 11) is 0. The van der Waals surface area contributed by atoms with E-state index in [1.807, 2.05) is 4.90 Å². The topological polar surface area (TPSA) is 52.6 Å². The van der Waals surface area contributed by atoms with Gasteiger partial charge in [0.05, 0.1) is 0 Å². The average molecular weight is 212 g/mol. The summed E-state index contributed by atoms with van der Waals surface area (Å²) >= 11 is 0. The number of hydrogen-bond acceptors (Lipinski definition) is 3. The van der Waals surface area contributed by atoms with Crippen molar-refractivity contribution < 1.29 is 9.90 Å². The maximum absolute atomic E-state index is 12.1. The molecule has 1 atom stereocenters. The molecule has 2 rings (SSSR count). The van der Waals surface area contributed by atoms with Gasteiger partial charge in [-0.3, -0.25) is 4.79 Å². The van der Waals surface area contributed by atoms with E-state index < -0.39 is 5.60 Å². The SMILES string of the molecule is O=C(N1CCCCC1)C1(O)CCCNC1. The van der Waals surface area contributed by atoms with Crippen LogP contribution in [0.15, 0.2) is 0 Å². The molecule has 2 fully saturated rings. The van der Waals surface area contributed by atoms with Gasteiger partial charge in [0.1, 0.15) is 0 Å². The van der Waals surface area contributed by atoms with Gasteiger partial charge in [-0.05, 0) is 38.6 Å². The molecule has 86 valence electrons. The first-order chi connectivity index (χ1) is 7.22. The fourth-order valence-electron chi connectivity index (χ4n) is 2.46. The summed E-state index contributed by atoms with van der Waals surface area (Å²) in [5.74, 6) is -0.0607. The van der Waals surface area contributed by atoms with Crippen molar-refractivity contribution in [3.05, 3.63) is 0 Å². The van der Waals surface area contributed by atoms with Gasteiger partial charge < -0.3 is 15.3 Å². The summed E-state index contributed by atoms with van der Waals surface area (Å²) in [4.78, 5) is 13.9. The predicted molar refractivity (Wildman–Crippen MR) is 57.5 cm³/mol. The molecule has 0 aromatic carbocycles. The number of carbonyl (C=O) groups excluding carboxylic acids is 1. The molecule has 2 aliphatic rings. The second-order valence-corrected chi connectivity index (χ2v) is 4.66. The van der Waals surface area contributed by atoms with E-state index in [4.69, 9.17) is 0 Å². The van der Waals surface area contributed by atoms with Crippen molar-refractivity contribution in [1.29, 1.82) is 0 Å². The van der Waals surface area contributed by atoms with Crippen LogP contribution in [-0.2, 0) is 4.79 Å². The van der Waals surface area contributed by atoms with E-state index in [1.165, 1.54) is 6.42 Å². The molecular weight excluding hydrogens is 192 g/mol. The summed E-state index contributed by atoms with van der Waals surface area (Å²) < 4.78 is 0. The molecule has 1 unspecified atom stereocenters. The molecule has 0 aromatic heterocycles. The number of likely N-dealkylation sites (tertiary alicyclic amines) is 1. The van der Waals surface area contributed by atoms with Gasteiger partial charge in [0.15, 0.2) is 5.60 Å². The van der Waals surface area contributed by atoms with Crippen LogP contribution in [-0.4, -0.2) is 47.7 Å². The smallest absolute Gasteiger partial charge is 0.255 e. The van der Waals surface area contributed by atoms with Gasteiger partial charge in [0.25, 0.3) is 5.91 Å². The molecule has 0 aliphatic carbocycles. The largest absolute Gasteiger partial charge is 0.379 e. The average Bonchev–Trinajstić information content (AvgIpc) is 2.30. The minimum Gasteiger partial charge on any atom is -0.379 e. The number of piperidine rings is 2. The molecular formula is C11H20N2O2. The quantitative estimate of drug-likeness (QED) is 0.649. The first kappa shape index (κ1) is 10.9. The number of β-amino-alcohol motifs (C(OH)–C–C–N with tert-alkyl or cyclic N) is 1. The van der Waals surface area contributed by atoms with Crippen molar-refractivity contribution >= 4 is 5.91 Å². The first-order valence-corrected chi connectivity index (χ1v) is 5.95. The third-order valence-electron chi connectivity index (χ3n) is 3.40. The lowest BCUT2D eigenvalue weighted by Crippen LogP contribution is -2.57. The van der Waals surface area contributed by atoms with E-state index in [9.17, 15) is 9.90 Å². The molecule has 0 saturated carbocycles. The Balaban J connectivity index is 1.98. The number of nitrogens with one attached hydrogen (secondary N) is 1. The van der Waals surface area contributed by atoms with Crippen LogP contribution in [0, 0.1) is 0 Å². The van der Waals surface area contributed by atoms with Gasteiger partial charge >= 0.3 is 0 Å². The molecule has 0 spiro atoms. The Bertz CT molecular complexity index is 231. The number of nitrogens with zero attached hydrogens (tertiary/aromatic N) is 1. The molecule has 0 bridgehead atoms. The Hall–Kier alpha value is -0.610. The lowest BCUT2D eigenvalue weighted by atomic mass is 9.92. The van der Waals surface area contributed by atoms with Crippen molar-refractivity contribution in [1.82, 2.24) is 10.2 Å². The zero-order valence-corrected chi connectivity index (χ0v) is 9.17. The van der Waals surface area contributed by atoms with Gasteiger partial charge in [-0.25, -0.2) is 0 Å². The van der Waals surface area contributed by atoms with Crippen LogP contribution in [0.5, 0.6) is 0 Å². The van der Waals surface area contributed by atoms with Crippen LogP contribution in [0.25, 0.3) is 0 Å². The lowest BCUT2D eigenvalue weighted by Gasteiger charge is -2.37. The van der Waals surface area contributed by atoms with Crippen molar-refractivity contribution in [3.63, 3.8) is 0 Å². The summed E-state index contributed by atoms with van der Waals surface area (Å²) in [6.45, 7) is 2.97. The maximum Gasteiger partial charge on any atom is 0.255 e. The second kappa shape index (κ2) is 4.49. The Kier molecular flexibility index (Phi) is 3.26. The number of aliphatic hydroxyl groups is 1. The highest BCUT2D eigenvalue weighted by molar-refractivity contribution is 5.85. The minimum absolute atomic E-state index is 0.0607. The van der Waals surface area contributed by atoms with Crippen LogP contribution in [0.3, 0.4) is 0 Å². The van der Waals surface area contributed by atoms with Crippen LogP contribution in [0.1, 0.15) is 32.1 Å². The van der Waals surface area contributed by atoms with Crippen molar-refractivity contribution in [2.24, 2.45) is 0 Å². The van der Waals surface area contributed by atoms with Gasteiger partial charge in [0.2, 0.25) is 0 Å². The number of carbonyl (C=O) groups is 1. The highest BCUT2D eigenvalue weighted by atomic mass is 16.3. The summed E-state index contributed by atoms with van der Waals surface area (Å²) in [6, 6.07) is 0. The fourth-order valence-corrected chi connectivity index (χ4v) is 2.46.